The minimum Gasteiger partial charge on any atom is -0.492 e. The van der Waals surface area contributed by atoms with E-state index in [0.29, 0.717) is 12.3 Å². The van der Waals surface area contributed by atoms with E-state index in [4.69, 9.17) is 15.7 Å². The van der Waals surface area contributed by atoms with Crippen LogP contribution in [0.4, 0.5) is 5.69 Å². The molecule has 0 saturated carbocycles. The maximum atomic E-state index is 8.88. The first-order valence-electron chi connectivity index (χ1n) is 5.54. The van der Waals surface area contributed by atoms with Gasteiger partial charge < -0.3 is 10.5 Å². The van der Waals surface area contributed by atoms with Crippen molar-refractivity contribution in [3.05, 3.63) is 22.7 Å². The van der Waals surface area contributed by atoms with Crippen molar-refractivity contribution in [2.45, 2.75) is 26.7 Å². The van der Waals surface area contributed by atoms with E-state index in [1.54, 1.807) is 0 Å². The number of nitriles is 1. The highest BCUT2D eigenvalue weighted by molar-refractivity contribution is 9.10. The third kappa shape index (κ3) is 4.27. The summed E-state index contributed by atoms with van der Waals surface area (Å²) >= 11 is 3.38. The van der Waals surface area contributed by atoms with Gasteiger partial charge in [-0.15, -0.1) is 0 Å². The molecule has 3 nitrogen and oxygen atoms in total. The Labute approximate surface area is 111 Å². The van der Waals surface area contributed by atoms with Gasteiger partial charge in [0.2, 0.25) is 0 Å². The summed E-state index contributed by atoms with van der Waals surface area (Å²) in [7, 11) is 0. The molecule has 0 saturated heterocycles. The maximum Gasteiger partial charge on any atom is 0.135 e. The Kier molecular flexibility index (Phi) is 4.83. The van der Waals surface area contributed by atoms with Crippen LogP contribution in [0.3, 0.4) is 0 Å². The quantitative estimate of drug-likeness (QED) is 0.665. The van der Waals surface area contributed by atoms with Gasteiger partial charge in [-0.25, -0.2) is 0 Å². The fourth-order valence-electron chi connectivity index (χ4n) is 1.39. The second kappa shape index (κ2) is 5.92. The molecule has 0 atom stereocenters. The third-order valence-electron chi connectivity index (χ3n) is 2.50. The van der Waals surface area contributed by atoms with E-state index in [1.165, 1.54) is 0 Å². The number of nitrogen functional groups attached to an aromatic ring is 1. The average Bonchev–Trinajstić information content (AvgIpc) is 2.30. The van der Waals surface area contributed by atoms with E-state index in [-0.39, 0.29) is 5.41 Å². The fourth-order valence-corrected chi connectivity index (χ4v) is 1.77. The highest BCUT2D eigenvalue weighted by Crippen LogP contribution is 2.30. The Morgan fingerprint density at radius 2 is 2.18 bits per heavy atom. The van der Waals surface area contributed by atoms with Gasteiger partial charge in [0.05, 0.1) is 22.6 Å². The van der Waals surface area contributed by atoms with Crippen LogP contribution < -0.4 is 10.5 Å². The summed E-state index contributed by atoms with van der Waals surface area (Å²) < 4.78 is 6.41. The molecule has 92 valence electrons. The summed E-state index contributed by atoms with van der Waals surface area (Å²) in [6.45, 7) is 4.46. The summed E-state index contributed by atoms with van der Waals surface area (Å²) in [4.78, 5) is 0. The third-order valence-corrected chi connectivity index (χ3v) is 3.35. The average molecular weight is 297 g/mol. The monoisotopic (exact) mass is 296 g/mol. The molecule has 2 N–H and O–H groups in total. The molecular formula is C13H17BrN2O. The van der Waals surface area contributed by atoms with Gasteiger partial charge in [0.1, 0.15) is 5.75 Å². The van der Waals surface area contributed by atoms with Gasteiger partial charge in [-0.2, -0.15) is 5.26 Å². The number of benzene rings is 1. The topological polar surface area (TPSA) is 59.0 Å². The van der Waals surface area contributed by atoms with E-state index < -0.39 is 0 Å². The lowest BCUT2D eigenvalue weighted by Crippen LogP contribution is -2.10. The van der Waals surface area contributed by atoms with Crippen molar-refractivity contribution in [1.29, 1.82) is 5.26 Å². The predicted octanol–water partition coefficient (Wildman–Crippen LogP) is 3.74. The van der Waals surface area contributed by atoms with Crippen molar-refractivity contribution in [3.63, 3.8) is 0 Å². The summed E-state index contributed by atoms with van der Waals surface area (Å²) in [5.74, 6) is 0.750. The zero-order valence-electron chi connectivity index (χ0n) is 10.2. The number of halogens is 1. The van der Waals surface area contributed by atoms with Gasteiger partial charge in [-0.3, -0.25) is 0 Å². The Morgan fingerprint density at radius 1 is 1.47 bits per heavy atom. The van der Waals surface area contributed by atoms with Gasteiger partial charge in [-0.05, 0) is 54.8 Å². The van der Waals surface area contributed by atoms with Crippen molar-refractivity contribution in [2.24, 2.45) is 5.41 Å². The molecule has 1 aromatic carbocycles. The Balaban J connectivity index is 2.42. The number of nitrogens with zero attached hydrogens (tertiary/aromatic N) is 1. The highest BCUT2D eigenvalue weighted by Gasteiger charge is 2.15. The molecule has 0 aliphatic heterocycles. The Morgan fingerprint density at radius 3 is 2.82 bits per heavy atom. The minimum atomic E-state index is -0.281. The first kappa shape index (κ1) is 13.9. The van der Waals surface area contributed by atoms with E-state index in [1.807, 2.05) is 32.0 Å². The van der Waals surface area contributed by atoms with Gasteiger partial charge in [0, 0.05) is 5.69 Å². The highest BCUT2D eigenvalue weighted by atomic mass is 79.9. The zero-order valence-corrected chi connectivity index (χ0v) is 11.8. The SMILES string of the molecule is CC(C)(C#N)CCCOc1cccc(N)c1Br. The van der Waals surface area contributed by atoms with Gasteiger partial charge in [0.25, 0.3) is 0 Å². The van der Waals surface area contributed by atoms with E-state index in [9.17, 15) is 0 Å². The van der Waals surface area contributed by atoms with Gasteiger partial charge >= 0.3 is 0 Å². The van der Waals surface area contributed by atoms with Crippen LogP contribution in [-0.2, 0) is 0 Å². The van der Waals surface area contributed by atoms with E-state index in [2.05, 4.69) is 22.0 Å². The van der Waals surface area contributed by atoms with Gasteiger partial charge in [0.15, 0.2) is 0 Å². The van der Waals surface area contributed by atoms with E-state index in [0.717, 1.165) is 23.1 Å². The molecule has 0 aliphatic carbocycles. The molecule has 0 unspecified atom stereocenters. The number of anilines is 1. The lowest BCUT2D eigenvalue weighted by atomic mass is 9.90. The summed E-state index contributed by atoms with van der Waals surface area (Å²) in [6.07, 6.45) is 1.67. The van der Waals surface area contributed by atoms with Crippen molar-refractivity contribution in [2.75, 3.05) is 12.3 Å². The molecule has 17 heavy (non-hydrogen) atoms. The molecule has 0 amide bonds. The van der Waals surface area contributed by atoms with Crippen LogP contribution in [0, 0.1) is 16.7 Å². The second-order valence-corrected chi connectivity index (χ2v) is 5.40. The maximum absolute atomic E-state index is 8.88. The van der Waals surface area contributed by atoms with Crippen LogP contribution >= 0.6 is 15.9 Å². The van der Waals surface area contributed by atoms with Crippen molar-refractivity contribution >= 4 is 21.6 Å². The van der Waals surface area contributed by atoms with Crippen LogP contribution in [0.1, 0.15) is 26.7 Å². The normalized spacial score (nSPS) is 10.9. The second-order valence-electron chi connectivity index (χ2n) is 4.61. The van der Waals surface area contributed by atoms with E-state index >= 15 is 0 Å². The van der Waals surface area contributed by atoms with Gasteiger partial charge in [-0.1, -0.05) is 6.07 Å². The van der Waals surface area contributed by atoms with Crippen molar-refractivity contribution in [1.82, 2.24) is 0 Å². The number of nitrogens with two attached hydrogens (primary N) is 1. The van der Waals surface area contributed by atoms with Crippen LogP contribution in [-0.4, -0.2) is 6.61 Å². The first-order valence-corrected chi connectivity index (χ1v) is 6.33. The minimum absolute atomic E-state index is 0.281. The molecule has 1 rings (SSSR count). The first-order chi connectivity index (χ1) is 7.96. The Bertz CT molecular complexity index is 424. The van der Waals surface area contributed by atoms with Crippen LogP contribution in [0.5, 0.6) is 5.75 Å². The number of hydrogen-bond donors (Lipinski definition) is 1. The molecule has 1 aromatic rings. The number of ether oxygens (including phenoxy) is 1. The summed E-state index contributed by atoms with van der Waals surface area (Å²) in [6, 6.07) is 7.82. The molecule has 0 aliphatic rings. The smallest absolute Gasteiger partial charge is 0.135 e. The lowest BCUT2D eigenvalue weighted by Gasteiger charge is -2.15. The summed E-state index contributed by atoms with van der Waals surface area (Å²) in [5, 5.41) is 8.88. The largest absolute Gasteiger partial charge is 0.492 e. The fraction of sp³-hybridized carbons (Fsp3) is 0.462. The standard InChI is InChI=1S/C13H17BrN2O/c1-13(2,9-15)7-4-8-17-11-6-3-5-10(16)12(11)14/h3,5-6H,4,7-8,16H2,1-2H3. The van der Waals surface area contributed by atoms with Crippen LogP contribution in [0.15, 0.2) is 22.7 Å². The molecule has 0 aromatic heterocycles. The van der Waals surface area contributed by atoms with Crippen LogP contribution in [0.25, 0.3) is 0 Å². The molecule has 0 radical (unpaired) electrons. The Hall–Kier alpha value is -1.21. The predicted molar refractivity (Wildman–Crippen MR) is 72.7 cm³/mol. The van der Waals surface area contributed by atoms with Crippen LogP contribution in [0.2, 0.25) is 0 Å². The number of rotatable bonds is 5. The number of hydrogen-bond acceptors (Lipinski definition) is 3. The molecule has 4 heteroatoms. The molecule has 0 bridgehead atoms. The molecule has 0 fully saturated rings. The van der Waals surface area contributed by atoms with Crippen molar-refractivity contribution < 1.29 is 4.74 Å². The lowest BCUT2D eigenvalue weighted by molar-refractivity contribution is 0.283. The molecule has 0 heterocycles. The summed E-state index contributed by atoms with van der Waals surface area (Å²) in [5.41, 5.74) is 6.13. The zero-order chi connectivity index (χ0) is 12.9. The molecule has 0 spiro atoms. The molecular weight excluding hydrogens is 280 g/mol. The van der Waals surface area contributed by atoms with Crippen molar-refractivity contribution in [3.8, 4) is 11.8 Å².